The smallest absolute Gasteiger partial charge is 0.341 e. The maximum absolute atomic E-state index is 11.9. The minimum Gasteiger partial charge on any atom is -0.465 e. The van der Waals surface area contributed by atoms with Crippen molar-refractivity contribution in [1.29, 1.82) is 0 Å². The van der Waals surface area contributed by atoms with Gasteiger partial charge >= 0.3 is 11.9 Å². The Labute approximate surface area is 107 Å². The van der Waals surface area contributed by atoms with Gasteiger partial charge in [-0.3, -0.25) is 4.79 Å². The molecule has 0 spiro atoms. The molecule has 1 rings (SSSR count). The van der Waals surface area contributed by atoms with Crippen molar-refractivity contribution in [2.24, 2.45) is 5.92 Å². The van der Waals surface area contributed by atoms with E-state index in [4.69, 9.17) is 4.74 Å². The highest BCUT2D eigenvalue weighted by Gasteiger charge is 2.20. The van der Waals surface area contributed by atoms with Crippen LogP contribution in [0.2, 0.25) is 0 Å². The van der Waals surface area contributed by atoms with E-state index >= 15 is 0 Å². The van der Waals surface area contributed by atoms with E-state index in [9.17, 15) is 9.59 Å². The Morgan fingerprint density at radius 2 is 1.78 bits per heavy atom. The standard InChI is InChI=1S/C14H18O4/c1-4-10(5-2)13(15)18-12-9-7-6-8-11(12)14(16)17-3/h6-10H,4-5H2,1-3H3. The molecule has 98 valence electrons. The van der Waals surface area contributed by atoms with Crippen LogP contribution in [-0.2, 0) is 9.53 Å². The maximum atomic E-state index is 11.9. The molecule has 0 amide bonds. The van der Waals surface area contributed by atoms with Gasteiger partial charge in [0, 0.05) is 0 Å². The van der Waals surface area contributed by atoms with Crippen molar-refractivity contribution in [2.45, 2.75) is 26.7 Å². The third-order valence-corrected chi connectivity index (χ3v) is 2.82. The molecule has 0 atom stereocenters. The quantitative estimate of drug-likeness (QED) is 0.595. The molecule has 0 saturated carbocycles. The number of hydrogen-bond acceptors (Lipinski definition) is 4. The summed E-state index contributed by atoms with van der Waals surface area (Å²) in [5.74, 6) is -0.712. The molecule has 0 saturated heterocycles. The minimum absolute atomic E-state index is 0.143. The molecule has 0 fully saturated rings. The number of benzene rings is 1. The molecule has 0 N–H and O–H groups in total. The summed E-state index contributed by atoms with van der Waals surface area (Å²) in [4.78, 5) is 23.4. The summed E-state index contributed by atoms with van der Waals surface area (Å²) in [5, 5.41) is 0. The van der Waals surface area contributed by atoms with Gasteiger partial charge in [-0.1, -0.05) is 26.0 Å². The molecule has 4 heteroatoms. The Kier molecular flexibility index (Phi) is 5.36. The topological polar surface area (TPSA) is 52.6 Å². The monoisotopic (exact) mass is 250 g/mol. The molecule has 4 nitrogen and oxygen atoms in total. The number of carbonyl (C=O) groups is 2. The third-order valence-electron chi connectivity index (χ3n) is 2.82. The number of para-hydroxylation sites is 1. The van der Waals surface area contributed by atoms with Crippen molar-refractivity contribution in [3.63, 3.8) is 0 Å². The van der Waals surface area contributed by atoms with E-state index in [-0.39, 0.29) is 23.2 Å². The molecule has 18 heavy (non-hydrogen) atoms. The molecule has 0 aromatic heterocycles. The number of methoxy groups -OCH3 is 1. The number of ether oxygens (including phenoxy) is 2. The van der Waals surface area contributed by atoms with Crippen molar-refractivity contribution in [3.05, 3.63) is 29.8 Å². The maximum Gasteiger partial charge on any atom is 0.341 e. The van der Waals surface area contributed by atoms with Gasteiger partial charge in [-0.05, 0) is 25.0 Å². The number of hydrogen-bond donors (Lipinski definition) is 0. The summed E-state index contributed by atoms with van der Waals surface area (Å²) >= 11 is 0. The lowest BCUT2D eigenvalue weighted by Crippen LogP contribution is -2.20. The molecule has 0 heterocycles. The van der Waals surface area contributed by atoms with Crippen molar-refractivity contribution in [3.8, 4) is 5.75 Å². The van der Waals surface area contributed by atoms with Gasteiger partial charge in [0.05, 0.1) is 13.0 Å². The molecular formula is C14H18O4. The first-order valence-electron chi connectivity index (χ1n) is 6.03. The summed E-state index contributed by atoms with van der Waals surface area (Å²) in [6.07, 6.45) is 1.44. The van der Waals surface area contributed by atoms with Crippen molar-refractivity contribution >= 4 is 11.9 Å². The summed E-state index contributed by atoms with van der Waals surface area (Å²) in [7, 11) is 1.29. The van der Waals surface area contributed by atoms with Gasteiger partial charge in [0.15, 0.2) is 0 Å². The SMILES string of the molecule is CCC(CC)C(=O)Oc1ccccc1C(=O)OC. The Balaban J connectivity index is 2.90. The van der Waals surface area contributed by atoms with Crippen LogP contribution >= 0.6 is 0 Å². The lowest BCUT2D eigenvalue weighted by molar-refractivity contribution is -0.139. The Hall–Kier alpha value is -1.84. The molecule has 0 bridgehead atoms. The van der Waals surface area contributed by atoms with E-state index in [0.717, 1.165) is 12.8 Å². The van der Waals surface area contributed by atoms with Gasteiger partial charge in [0.2, 0.25) is 0 Å². The van der Waals surface area contributed by atoms with E-state index < -0.39 is 5.97 Å². The van der Waals surface area contributed by atoms with Crippen molar-refractivity contribution in [2.75, 3.05) is 7.11 Å². The summed E-state index contributed by atoms with van der Waals surface area (Å²) in [6, 6.07) is 6.57. The highest BCUT2D eigenvalue weighted by molar-refractivity contribution is 5.93. The summed E-state index contributed by atoms with van der Waals surface area (Å²) in [5.41, 5.74) is 0.263. The van der Waals surface area contributed by atoms with E-state index in [2.05, 4.69) is 4.74 Å². The van der Waals surface area contributed by atoms with Crippen LogP contribution in [0.3, 0.4) is 0 Å². The fraction of sp³-hybridized carbons (Fsp3) is 0.429. The van der Waals surface area contributed by atoms with Crippen LogP contribution in [0.1, 0.15) is 37.0 Å². The Bertz CT molecular complexity index is 422. The zero-order valence-corrected chi connectivity index (χ0v) is 10.9. The zero-order chi connectivity index (χ0) is 13.5. The molecule has 0 unspecified atom stereocenters. The van der Waals surface area contributed by atoms with Crippen LogP contribution in [-0.4, -0.2) is 19.0 Å². The van der Waals surface area contributed by atoms with Crippen LogP contribution < -0.4 is 4.74 Å². The Morgan fingerprint density at radius 3 is 2.33 bits per heavy atom. The average Bonchev–Trinajstić information content (AvgIpc) is 2.40. The van der Waals surface area contributed by atoms with Crippen LogP contribution in [0.15, 0.2) is 24.3 Å². The zero-order valence-electron chi connectivity index (χ0n) is 10.9. The number of rotatable bonds is 5. The lowest BCUT2D eigenvalue weighted by atomic mass is 10.0. The van der Waals surface area contributed by atoms with Crippen LogP contribution in [0.25, 0.3) is 0 Å². The van der Waals surface area contributed by atoms with Gasteiger partial charge in [-0.15, -0.1) is 0 Å². The van der Waals surface area contributed by atoms with Crippen LogP contribution in [0, 0.1) is 5.92 Å². The first kappa shape index (κ1) is 14.2. The molecule has 1 aromatic carbocycles. The van der Waals surface area contributed by atoms with E-state index in [0.29, 0.717) is 0 Å². The van der Waals surface area contributed by atoms with Crippen LogP contribution in [0.4, 0.5) is 0 Å². The predicted molar refractivity (Wildman–Crippen MR) is 67.5 cm³/mol. The molecule has 0 radical (unpaired) electrons. The van der Waals surface area contributed by atoms with Gasteiger partial charge in [-0.25, -0.2) is 4.79 Å². The highest BCUT2D eigenvalue weighted by atomic mass is 16.5. The van der Waals surface area contributed by atoms with Crippen LogP contribution in [0.5, 0.6) is 5.75 Å². The Morgan fingerprint density at radius 1 is 1.17 bits per heavy atom. The predicted octanol–water partition coefficient (Wildman–Crippen LogP) is 2.81. The average molecular weight is 250 g/mol. The molecule has 1 aromatic rings. The normalized spacial score (nSPS) is 10.2. The largest absolute Gasteiger partial charge is 0.465 e. The molecule has 0 aliphatic rings. The van der Waals surface area contributed by atoms with Crippen molar-refractivity contribution in [1.82, 2.24) is 0 Å². The fourth-order valence-corrected chi connectivity index (χ4v) is 1.65. The highest BCUT2D eigenvalue weighted by Crippen LogP contribution is 2.21. The second kappa shape index (κ2) is 6.79. The fourth-order valence-electron chi connectivity index (χ4n) is 1.65. The second-order valence-corrected chi connectivity index (χ2v) is 3.92. The molecule has 0 aliphatic carbocycles. The van der Waals surface area contributed by atoms with E-state index in [1.807, 2.05) is 13.8 Å². The lowest BCUT2D eigenvalue weighted by Gasteiger charge is -2.13. The third kappa shape index (κ3) is 3.32. The van der Waals surface area contributed by atoms with Crippen molar-refractivity contribution < 1.29 is 19.1 Å². The van der Waals surface area contributed by atoms with Gasteiger partial charge in [0.1, 0.15) is 11.3 Å². The number of carbonyl (C=O) groups excluding carboxylic acids is 2. The number of esters is 2. The van der Waals surface area contributed by atoms with Gasteiger partial charge < -0.3 is 9.47 Å². The first-order chi connectivity index (χ1) is 8.63. The summed E-state index contributed by atoms with van der Waals surface area (Å²) in [6.45, 7) is 3.86. The molecule has 0 aliphatic heterocycles. The second-order valence-electron chi connectivity index (χ2n) is 3.92. The first-order valence-corrected chi connectivity index (χ1v) is 6.03. The summed E-state index contributed by atoms with van der Waals surface area (Å²) < 4.78 is 9.91. The molecular weight excluding hydrogens is 232 g/mol. The van der Waals surface area contributed by atoms with Gasteiger partial charge in [-0.2, -0.15) is 0 Å². The minimum atomic E-state index is -0.511. The van der Waals surface area contributed by atoms with E-state index in [1.54, 1.807) is 24.3 Å². The van der Waals surface area contributed by atoms with Gasteiger partial charge in [0.25, 0.3) is 0 Å². The van der Waals surface area contributed by atoms with E-state index in [1.165, 1.54) is 7.11 Å².